The number of ether oxygens (including phenoxy) is 1. The molecule has 0 heterocycles. The summed E-state index contributed by atoms with van der Waals surface area (Å²) in [5.41, 5.74) is 3.18. The van der Waals surface area contributed by atoms with Gasteiger partial charge >= 0.3 is 0 Å². The first-order chi connectivity index (χ1) is 10.6. The normalized spacial score (nSPS) is 11.8. The van der Waals surface area contributed by atoms with Crippen LogP contribution in [0.5, 0.6) is 5.75 Å². The Morgan fingerprint density at radius 3 is 2.73 bits per heavy atom. The van der Waals surface area contributed by atoms with E-state index < -0.39 is 0 Å². The molecule has 1 unspecified atom stereocenters. The van der Waals surface area contributed by atoms with Gasteiger partial charge in [-0.15, -0.1) is 11.8 Å². The zero-order chi connectivity index (χ0) is 15.9. The summed E-state index contributed by atoms with van der Waals surface area (Å²) in [5, 5.41) is 2.79. The lowest BCUT2D eigenvalue weighted by atomic mass is 10.2. The Morgan fingerprint density at radius 1 is 1.23 bits per heavy atom. The molecule has 0 aliphatic carbocycles. The highest BCUT2D eigenvalue weighted by Crippen LogP contribution is 2.25. The van der Waals surface area contributed by atoms with Gasteiger partial charge in [-0.3, -0.25) is 4.79 Å². The number of methoxy groups -OCH3 is 1. The predicted molar refractivity (Wildman–Crippen MR) is 93.6 cm³/mol. The standard InChI is InChI=1S/C18H21NO2S/c1-13-7-6-8-15(11-13)12-22-14(2)18(20)19-16-9-4-5-10-17(16)21-3/h4-11,14H,12H2,1-3H3,(H,19,20). The van der Waals surface area contributed by atoms with E-state index in [9.17, 15) is 4.79 Å². The molecule has 1 N–H and O–H groups in total. The second-order valence-corrected chi connectivity index (χ2v) is 6.46. The molecule has 0 fully saturated rings. The first kappa shape index (κ1) is 16.4. The zero-order valence-electron chi connectivity index (χ0n) is 13.1. The van der Waals surface area contributed by atoms with Crippen LogP contribution in [0.3, 0.4) is 0 Å². The Hall–Kier alpha value is -1.94. The third-order valence-electron chi connectivity index (χ3n) is 3.32. The Labute approximate surface area is 136 Å². The lowest BCUT2D eigenvalue weighted by Gasteiger charge is -2.14. The molecule has 0 saturated heterocycles. The van der Waals surface area contributed by atoms with Gasteiger partial charge in [0.25, 0.3) is 0 Å². The maximum Gasteiger partial charge on any atom is 0.237 e. The lowest BCUT2D eigenvalue weighted by molar-refractivity contribution is -0.115. The van der Waals surface area contributed by atoms with E-state index in [1.165, 1.54) is 11.1 Å². The number of para-hydroxylation sites is 2. The molecule has 0 radical (unpaired) electrons. The highest BCUT2D eigenvalue weighted by atomic mass is 32.2. The third-order valence-corrected chi connectivity index (χ3v) is 4.53. The van der Waals surface area contributed by atoms with Gasteiger partial charge in [0.1, 0.15) is 5.75 Å². The quantitative estimate of drug-likeness (QED) is 0.865. The monoisotopic (exact) mass is 315 g/mol. The van der Waals surface area contributed by atoms with Crippen molar-refractivity contribution in [3.8, 4) is 5.75 Å². The van der Waals surface area contributed by atoms with E-state index in [1.807, 2.05) is 37.3 Å². The van der Waals surface area contributed by atoms with E-state index in [-0.39, 0.29) is 11.2 Å². The minimum Gasteiger partial charge on any atom is -0.495 e. The molecular formula is C18H21NO2S. The molecule has 2 aromatic carbocycles. The number of hydrogen-bond donors (Lipinski definition) is 1. The number of carbonyl (C=O) groups is 1. The highest BCUT2D eigenvalue weighted by Gasteiger charge is 2.15. The molecule has 1 atom stereocenters. The molecule has 4 heteroatoms. The van der Waals surface area contributed by atoms with Crippen LogP contribution < -0.4 is 10.1 Å². The molecule has 0 aliphatic rings. The second-order valence-electron chi connectivity index (χ2n) is 5.13. The predicted octanol–water partition coefficient (Wildman–Crippen LogP) is 4.26. The first-order valence-electron chi connectivity index (χ1n) is 7.21. The van der Waals surface area contributed by atoms with E-state index in [4.69, 9.17) is 4.74 Å². The van der Waals surface area contributed by atoms with Crippen LogP contribution in [-0.4, -0.2) is 18.3 Å². The van der Waals surface area contributed by atoms with Crippen molar-refractivity contribution in [2.24, 2.45) is 0 Å². The second kappa shape index (κ2) is 7.90. The van der Waals surface area contributed by atoms with Crippen molar-refractivity contribution in [2.75, 3.05) is 12.4 Å². The average Bonchev–Trinajstić information content (AvgIpc) is 2.53. The molecule has 2 aromatic rings. The van der Waals surface area contributed by atoms with Crippen molar-refractivity contribution in [2.45, 2.75) is 24.9 Å². The van der Waals surface area contributed by atoms with Crippen LogP contribution in [0.1, 0.15) is 18.1 Å². The number of nitrogens with one attached hydrogen (secondary N) is 1. The van der Waals surface area contributed by atoms with Crippen LogP contribution in [0.4, 0.5) is 5.69 Å². The molecule has 2 rings (SSSR count). The number of amides is 1. The largest absolute Gasteiger partial charge is 0.495 e. The Balaban J connectivity index is 1.92. The molecule has 3 nitrogen and oxygen atoms in total. The molecule has 22 heavy (non-hydrogen) atoms. The van der Waals surface area contributed by atoms with Crippen LogP contribution in [0.25, 0.3) is 0 Å². The summed E-state index contributed by atoms with van der Waals surface area (Å²) in [6.07, 6.45) is 0. The molecule has 1 amide bonds. The average molecular weight is 315 g/mol. The van der Waals surface area contributed by atoms with E-state index in [0.717, 1.165) is 5.75 Å². The van der Waals surface area contributed by atoms with Crippen LogP contribution in [0.2, 0.25) is 0 Å². The molecule has 0 spiro atoms. The summed E-state index contributed by atoms with van der Waals surface area (Å²) < 4.78 is 5.25. The summed E-state index contributed by atoms with van der Waals surface area (Å²) >= 11 is 1.63. The first-order valence-corrected chi connectivity index (χ1v) is 8.26. The summed E-state index contributed by atoms with van der Waals surface area (Å²) in [7, 11) is 1.60. The number of carbonyl (C=O) groups excluding carboxylic acids is 1. The zero-order valence-corrected chi connectivity index (χ0v) is 13.9. The summed E-state index contributed by atoms with van der Waals surface area (Å²) in [6.45, 7) is 4.00. The number of anilines is 1. The van der Waals surface area contributed by atoms with Gasteiger partial charge < -0.3 is 10.1 Å². The molecule has 0 bridgehead atoms. The molecule has 0 saturated carbocycles. The van der Waals surface area contributed by atoms with E-state index in [2.05, 4.69) is 30.4 Å². The fourth-order valence-corrected chi connectivity index (χ4v) is 2.91. The molecule has 0 aliphatic heterocycles. The molecule has 116 valence electrons. The maximum atomic E-state index is 12.3. The van der Waals surface area contributed by atoms with Crippen molar-refractivity contribution in [1.29, 1.82) is 0 Å². The lowest BCUT2D eigenvalue weighted by Crippen LogP contribution is -2.22. The topological polar surface area (TPSA) is 38.3 Å². The minimum absolute atomic E-state index is 0.0119. The van der Waals surface area contributed by atoms with Gasteiger partial charge in [-0.2, -0.15) is 0 Å². The fourth-order valence-electron chi connectivity index (χ4n) is 2.08. The molecular weight excluding hydrogens is 294 g/mol. The van der Waals surface area contributed by atoms with Gasteiger partial charge in [0.05, 0.1) is 18.0 Å². The van der Waals surface area contributed by atoms with E-state index in [0.29, 0.717) is 11.4 Å². The highest BCUT2D eigenvalue weighted by molar-refractivity contribution is 7.99. The van der Waals surface area contributed by atoms with Crippen LogP contribution in [0, 0.1) is 6.92 Å². The third kappa shape index (κ3) is 4.53. The number of aryl methyl sites for hydroxylation is 1. The molecule has 0 aromatic heterocycles. The summed E-state index contributed by atoms with van der Waals surface area (Å²) in [4.78, 5) is 12.3. The van der Waals surface area contributed by atoms with Gasteiger partial charge in [0, 0.05) is 5.75 Å². The van der Waals surface area contributed by atoms with Gasteiger partial charge in [0.2, 0.25) is 5.91 Å². The maximum absolute atomic E-state index is 12.3. The van der Waals surface area contributed by atoms with Crippen LogP contribution in [-0.2, 0) is 10.5 Å². The van der Waals surface area contributed by atoms with Gasteiger partial charge in [-0.05, 0) is 31.5 Å². The minimum atomic E-state index is -0.134. The van der Waals surface area contributed by atoms with Crippen molar-refractivity contribution in [3.05, 3.63) is 59.7 Å². The number of rotatable bonds is 6. The van der Waals surface area contributed by atoms with Crippen LogP contribution in [0.15, 0.2) is 48.5 Å². The van der Waals surface area contributed by atoms with Gasteiger partial charge in [-0.1, -0.05) is 42.0 Å². The van der Waals surface area contributed by atoms with Crippen molar-refractivity contribution >= 4 is 23.4 Å². The Kier molecular flexibility index (Phi) is 5.90. The fraction of sp³-hybridized carbons (Fsp3) is 0.278. The number of benzene rings is 2. The smallest absolute Gasteiger partial charge is 0.237 e. The SMILES string of the molecule is COc1ccccc1NC(=O)C(C)SCc1cccc(C)c1. The van der Waals surface area contributed by atoms with Crippen molar-refractivity contribution < 1.29 is 9.53 Å². The number of thioether (sulfide) groups is 1. The van der Waals surface area contributed by atoms with Crippen molar-refractivity contribution in [1.82, 2.24) is 0 Å². The Morgan fingerprint density at radius 2 is 2.00 bits per heavy atom. The van der Waals surface area contributed by atoms with E-state index >= 15 is 0 Å². The van der Waals surface area contributed by atoms with E-state index in [1.54, 1.807) is 18.9 Å². The van der Waals surface area contributed by atoms with Crippen molar-refractivity contribution in [3.63, 3.8) is 0 Å². The summed E-state index contributed by atoms with van der Waals surface area (Å²) in [6, 6.07) is 15.8. The van der Waals surface area contributed by atoms with Gasteiger partial charge in [-0.25, -0.2) is 0 Å². The summed E-state index contributed by atoms with van der Waals surface area (Å²) in [5.74, 6) is 1.48. The van der Waals surface area contributed by atoms with Crippen LogP contribution >= 0.6 is 11.8 Å². The van der Waals surface area contributed by atoms with Gasteiger partial charge in [0.15, 0.2) is 0 Å². The number of hydrogen-bond acceptors (Lipinski definition) is 3. The Bertz CT molecular complexity index is 642.